The van der Waals surface area contributed by atoms with Crippen LogP contribution in [0.15, 0.2) is 41.4 Å². The summed E-state index contributed by atoms with van der Waals surface area (Å²) in [7, 11) is 0. The first-order chi connectivity index (χ1) is 14.2. The van der Waals surface area contributed by atoms with Gasteiger partial charge in [-0.3, -0.25) is 19.8 Å². The van der Waals surface area contributed by atoms with Gasteiger partial charge in [-0.1, -0.05) is 24.3 Å². The minimum atomic E-state index is -0.409. The number of rotatable bonds is 8. The molecule has 0 radical (unpaired) electrons. The van der Waals surface area contributed by atoms with Crippen molar-refractivity contribution in [3.8, 4) is 0 Å². The highest BCUT2D eigenvalue weighted by Crippen LogP contribution is 2.13. The molecule has 0 unspecified atom stereocenters. The quantitative estimate of drug-likeness (QED) is 0.220. The topological polar surface area (TPSA) is 103 Å². The van der Waals surface area contributed by atoms with Crippen molar-refractivity contribution in [3.63, 3.8) is 0 Å². The molecule has 30 heavy (non-hydrogen) atoms. The zero-order valence-corrected chi connectivity index (χ0v) is 18.1. The second-order valence-corrected chi connectivity index (χ2v) is 7.86. The SMILES string of the molecule is C=C(C)CNC(=NCc1ccc([N+](=O)[O-])cc1)N1CCN(CC(=O)NC(C)C)CC1. The molecule has 0 aromatic heterocycles. The molecule has 2 rings (SSSR count). The molecule has 1 fully saturated rings. The molecule has 0 bridgehead atoms. The average Bonchev–Trinajstić information content (AvgIpc) is 2.68. The highest BCUT2D eigenvalue weighted by Gasteiger charge is 2.21. The zero-order valence-electron chi connectivity index (χ0n) is 18.1. The zero-order chi connectivity index (χ0) is 22.1. The second kappa shape index (κ2) is 11.3. The van der Waals surface area contributed by atoms with Crippen molar-refractivity contribution in [2.45, 2.75) is 33.4 Å². The summed E-state index contributed by atoms with van der Waals surface area (Å²) in [6.07, 6.45) is 0. The van der Waals surface area contributed by atoms with Crippen LogP contribution in [-0.4, -0.2) is 71.9 Å². The lowest BCUT2D eigenvalue weighted by atomic mass is 10.2. The molecule has 1 amide bonds. The molecule has 1 heterocycles. The van der Waals surface area contributed by atoms with Gasteiger partial charge in [-0.15, -0.1) is 0 Å². The number of nitrogens with zero attached hydrogens (tertiary/aromatic N) is 4. The summed E-state index contributed by atoms with van der Waals surface area (Å²) in [6.45, 7) is 14.3. The number of aliphatic imine (C=N–C) groups is 1. The Bertz CT molecular complexity index is 767. The van der Waals surface area contributed by atoms with Crippen molar-refractivity contribution in [1.29, 1.82) is 0 Å². The largest absolute Gasteiger partial charge is 0.353 e. The Hall–Kier alpha value is -2.94. The monoisotopic (exact) mass is 416 g/mol. The fraction of sp³-hybridized carbons (Fsp3) is 0.524. The molecule has 9 heteroatoms. The first-order valence-corrected chi connectivity index (χ1v) is 10.2. The highest BCUT2D eigenvalue weighted by atomic mass is 16.6. The highest BCUT2D eigenvalue weighted by molar-refractivity contribution is 5.80. The Morgan fingerprint density at radius 1 is 1.23 bits per heavy atom. The van der Waals surface area contributed by atoms with E-state index in [0.29, 0.717) is 19.6 Å². The molecule has 9 nitrogen and oxygen atoms in total. The van der Waals surface area contributed by atoms with Gasteiger partial charge in [-0.2, -0.15) is 0 Å². The van der Waals surface area contributed by atoms with E-state index >= 15 is 0 Å². The summed E-state index contributed by atoms with van der Waals surface area (Å²) in [5.41, 5.74) is 1.97. The molecule has 1 aromatic rings. The van der Waals surface area contributed by atoms with Crippen LogP contribution in [0.2, 0.25) is 0 Å². The minimum absolute atomic E-state index is 0.0471. The Morgan fingerprint density at radius 2 is 1.87 bits per heavy atom. The van der Waals surface area contributed by atoms with Crippen LogP contribution < -0.4 is 10.6 Å². The maximum Gasteiger partial charge on any atom is 0.269 e. The molecule has 164 valence electrons. The number of nitro benzene ring substituents is 1. The molecule has 0 aliphatic carbocycles. The number of nitrogens with one attached hydrogen (secondary N) is 2. The fourth-order valence-electron chi connectivity index (χ4n) is 3.08. The van der Waals surface area contributed by atoms with Gasteiger partial charge in [0.05, 0.1) is 18.0 Å². The third kappa shape index (κ3) is 7.82. The molecule has 1 aliphatic rings. The fourth-order valence-corrected chi connectivity index (χ4v) is 3.08. The van der Waals surface area contributed by atoms with Crippen LogP contribution in [-0.2, 0) is 11.3 Å². The number of hydrogen-bond donors (Lipinski definition) is 2. The van der Waals surface area contributed by atoms with E-state index in [2.05, 4.69) is 27.0 Å². The maximum absolute atomic E-state index is 12.0. The number of hydrogen-bond acceptors (Lipinski definition) is 5. The number of piperazine rings is 1. The molecular formula is C21H32N6O3. The van der Waals surface area contributed by atoms with E-state index in [1.54, 1.807) is 12.1 Å². The van der Waals surface area contributed by atoms with Crippen molar-refractivity contribution in [3.05, 3.63) is 52.1 Å². The van der Waals surface area contributed by atoms with Gasteiger partial charge >= 0.3 is 0 Å². The van der Waals surface area contributed by atoms with Gasteiger partial charge < -0.3 is 15.5 Å². The van der Waals surface area contributed by atoms with Gasteiger partial charge in [0.1, 0.15) is 0 Å². The van der Waals surface area contributed by atoms with E-state index < -0.39 is 4.92 Å². The van der Waals surface area contributed by atoms with Gasteiger partial charge in [0, 0.05) is 50.9 Å². The standard InChI is InChI=1S/C21H32N6O3/c1-16(2)13-22-21(23-14-18-5-7-19(8-6-18)27(29)30)26-11-9-25(10-12-26)15-20(28)24-17(3)4/h5-8,17H,1,9-15H2,2-4H3,(H,22,23)(H,24,28). The van der Waals surface area contributed by atoms with E-state index in [4.69, 9.17) is 4.99 Å². The van der Waals surface area contributed by atoms with Crippen molar-refractivity contribution in [2.24, 2.45) is 4.99 Å². The molecule has 0 atom stereocenters. The Balaban J connectivity index is 1.97. The predicted molar refractivity (Wildman–Crippen MR) is 118 cm³/mol. The lowest BCUT2D eigenvalue weighted by molar-refractivity contribution is -0.384. The number of amides is 1. The number of nitro groups is 1. The van der Waals surface area contributed by atoms with Gasteiger partial charge in [0.15, 0.2) is 5.96 Å². The molecule has 1 aliphatic heterocycles. The van der Waals surface area contributed by atoms with Crippen molar-refractivity contribution in [1.82, 2.24) is 20.4 Å². The summed E-state index contributed by atoms with van der Waals surface area (Å²) < 4.78 is 0. The predicted octanol–water partition coefficient (Wildman–Crippen LogP) is 1.76. The lowest BCUT2D eigenvalue weighted by Gasteiger charge is -2.36. The van der Waals surface area contributed by atoms with E-state index in [9.17, 15) is 14.9 Å². The molecule has 1 saturated heterocycles. The van der Waals surface area contributed by atoms with Gasteiger partial charge in [0.25, 0.3) is 5.69 Å². The Kier molecular flexibility index (Phi) is 8.79. The molecule has 1 aromatic carbocycles. The van der Waals surface area contributed by atoms with E-state index in [-0.39, 0.29) is 17.6 Å². The number of guanidine groups is 1. The number of carbonyl (C=O) groups excluding carboxylic acids is 1. The average molecular weight is 417 g/mol. The van der Waals surface area contributed by atoms with Crippen molar-refractivity contribution in [2.75, 3.05) is 39.3 Å². The number of carbonyl (C=O) groups is 1. The van der Waals surface area contributed by atoms with Crippen molar-refractivity contribution >= 4 is 17.6 Å². The number of benzene rings is 1. The van der Waals surface area contributed by atoms with Gasteiger partial charge in [0.2, 0.25) is 5.91 Å². The first-order valence-electron chi connectivity index (χ1n) is 10.2. The smallest absolute Gasteiger partial charge is 0.269 e. The van der Waals surface area contributed by atoms with Crippen LogP contribution in [0.25, 0.3) is 0 Å². The summed E-state index contributed by atoms with van der Waals surface area (Å²) in [6, 6.07) is 6.58. The molecular weight excluding hydrogens is 384 g/mol. The van der Waals surface area contributed by atoms with Crippen molar-refractivity contribution < 1.29 is 9.72 Å². The summed E-state index contributed by atoms with van der Waals surface area (Å²) >= 11 is 0. The Morgan fingerprint density at radius 3 is 2.40 bits per heavy atom. The maximum atomic E-state index is 12.0. The van der Waals surface area contributed by atoms with E-state index in [1.165, 1.54) is 12.1 Å². The minimum Gasteiger partial charge on any atom is -0.353 e. The third-order valence-electron chi connectivity index (χ3n) is 4.60. The lowest BCUT2D eigenvalue weighted by Crippen LogP contribution is -2.54. The number of non-ortho nitro benzene ring substituents is 1. The normalized spacial score (nSPS) is 15.2. The molecule has 0 saturated carbocycles. The van der Waals surface area contributed by atoms with Crippen LogP contribution in [0.4, 0.5) is 5.69 Å². The van der Waals surface area contributed by atoms with E-state index in [0.717, 1.165) is 43.3 Å². The second-order valence-electron chi connectivity index (χ2n) is 7.86. The first kappa shape index (κ1) is 23.3. The summed E-state index contributed by atoms with van der Waals surface area (Å²) in [5.74, 6) is 0.827. The van der Waals surface area contributed by atoms with Crippen LogP contribution in [0.1, 0.15) is 26.3 Å². The van der Waals surface area contributed by atoms with Crippen LogP contribution >= 0.6 is 0 Å². The Labute approximate surface area is 178 Å². The summed E-state index contributed by atoms with van der Waals surface area (Å²) in [5, 5.41) is 17.1. The van der Waals surface area contributed by atoms with Crippen LogP contribution in [0, 0.1) is 10.1 Å². The molecule has 0 spiro atoms. The van der Waals surface area contributed by atoms with E-state index in [1.807, 2.05) is 20.8 Å². The van der Waals surface area contributed by atoms with Gasteiger partial charge in [-0.05, 0) is 26.3 Å². The molecule has 2 N–H and O–H groups in total. The van der Waals surface area contributed by atoms with Crippen LogP contribution in [0.3, 0.4) is 0 Å². The van der Waals surface area contributed by atoms with Crippen LogP contribution in [0.5, 0.6) is 0 Å². The summed E-state index contributed by atoms with van der Waals surface area (Å²) in [4.78, 5) is 31.4. The van der Waals surface area contributed by atoms with Gasteiger partial charge in [-0.25, -0.2) is 4.99 Å². The third-order valence-corrected chi connectivity index (χ3v) is 4.60.